The van der Waals surface area contributed by atoms with Crippen LogP contribution >= 0.6 is 11.6 Å². The Labute approximate surface area is 118 Å². The van der Waals surface area contributed by atoms with Gasteiger partial charge in [0.25, 0.3) is 0 Å². The van der Waals surface area contributed by atoms with Gasteiger partial charge in [0.15, 0.2) is 0 Å². The van der Waals surface area contributed by atoms with Gasteiger partial charge in [0.1, 0.15) is 0 Å². The number of halogens is 1. The third-order valence-electron chi connectivity index (χ3n) is 3.55. The molecule has 0 atom stereocenters. The summed E-state index contributed by atoms with van der Waals surface area (Å²) < 4.78 is 0. The number of hydrogen-bond donors (Lipinski definition) is 1. The standard InChI is InChI=1S/C17H16ClN/c1-2-16-15(11-12-7-9-13(18)10-8-12)14-5-3-4-6-17(14)19-16/h3-10,19H,2,11H2,1H3. The highest BCUT2D eigenvalue weighted by molar-refractivity contribution is 6.30. The Morgan fingerprint density at radius 3 is 2.47 bits per heavy atom. The number of H-pyrrole nitrogens is 1. The molecule has 0 amide bonds. The van der Waals surface area contributed by atoms with Gasteiger partial charge in [-0.2, -0.15) is 0 Å². The number of benzene rings is 2. The summed E-state index contributed by atoms with van der Waals surface area (Å²) in [4.78, 5) is 3.52. The highest BCUT2D eigenvalue weighted by atomic mass is 35.5. The van der Waals surface area contributed by atoms with Crippen molar-refractivity contribution >= 4 is 22.5 Å². The molecule has 0 saturated heterocycles. The van der Waals surface area contributed by atoms with Gasteiger partial charge in [-0.3, -0.25) is 0 Å². The second kappa shape index (κ2) is 5.10. The van der Waals surface area contributed by atoms with Crippen LogP contribution in [0.1, 0.15) is 23.7 Å². The third-order valence-corrected chi connectivity index (χ3v) is 3.80. The van der Waals surface area contributed by atoms with E-state index in [1.165, 1.54) is 27.7 Å². The molecule has 0 saturated carbocycles. The van der Waals surface area contributed by atoms with E-state index < -0.39 is 0 Å². The van der Waals surface area contributed by atoms with Crippen LogP contribution in [0.15, 0.2) is 48.5 Å². The quantitative estimate of drug-likeness (QED) is 0.691. The van der Waals surface area contributed by atoms with Crippen molar-refractivity contribution in [3.8, 4) is 0 Å². The highest BCUT2D eigenvalue weighted by Crippen LogP contribution is 2.25. The first-order chi connectivity index (χ1) is 9.28. The Balaban J connectivity index is 2.06. The summed E-state index contributed by atoms with van der Waals surface area (Å²) in [6, 6.07) is 16.6. The van der Waals surface area contributed by atoms with Gasteiger partial charge in [-0.1, -0.05) is 48.9 Å². The van der Waals surface area contributed by atoms with Crippen LogP contribution in [-0.4, -0.2) is 4.98 Å². The summed E-state index contributed by atoms with van der Waals surface area (Å²) in [7, 11) is 0. The van der Waals surface area contributed by atoms with Crippen LogP contribution in [-0.2, 0) is 12.8 Å². The fourth-order valence-corrected chi connectivity index (χ4v) is 2.69. The second-order valence-electron chi connectivity index (χ2n) is 4.78. The zero-order chi connectivity index (χ0) is 13.2. The van der Waals surface area contributed by atoms with E-state index in [1.54, 1.807) is 0 Å². The summed E-state index contributed by atoms with van der Waals surface area (Å²) in [6.45, 7) is 2.19. The van der Waals surface area contributed by atoms with Crippen molar-refractivity contribution in [2.75, 3.05) is 0 Å². The predicted molar refractivity (Wildman–Crippen MR) is 81.9 cm³/mol. The monoisotopic (exact) mass is 269 g/mol. The Bertz CT molecular complexity index is 695. The first kappa shape index (κ1) is 12.3. The van der Waals surface area contributed by atoms with Crippen molar-refractivity contribution < 1.29 is 0 Å². The average Bonchev–Trinajstić information content (AvgIpc) is 2.79. The number of aromatic nitrogens is 1. The largest absolute Gasteiger partial charge is 0.358 e. The lowest BCUT2D eigenvalue weighted by molar-refractivity contribution is 1.02. The molecule has 0 unspecified atom stereocenters. The van der Waals surface area contributed by atoms with Crippen molar-refractivity contribution in [2.24, 2.45) is 0 Å². The Hall–Kier alpha value is -1.73. The van der Waals surface area contributed by atoms with Gasteiger partial charge >= 0.3 is 0 Å². The maximum absolute atomic E-state index is 5.94. The summed E-state index contributed by atoms with van der Waals surface area (Å²) in [5.41, 5.74) is 5.25. The molecule has 0 spiro atoms. The number of fused-ring (bicyclic) bond motifs is 1. The molecule has 0 bridgehead atoms. The maximum atomic E-state index is 5.94. The predicted octanol–water partition coefficient (Wildman–Crippen LogP) is 4.97. The zero-order valence-electron chi connectivity index (χ0n) is 10.9. The smallest absolute Gasteiger partial charge is 0.0459 e. The van der Waals surface area contributed by atoms with Gasteiger partial charge in [-0.05, 0) is 42.2 Å². The van der Waals surface area contributed by atoms with Crippen LogP contribution in [0.5, 0.6) is 0 Å². The average molecular weight is 270 g/mol. The molecule has 96 valence electrons. The number of para-hydroxylation sites is 1. The van der Waals surface area contributed by atoms with Gasteiger partial charge in [0.05, 0.1) is 0 Å². The maximum Gasteiger partial charge on any atom is 0.0459 e. The molecule has 1 heterocycles. The lowest BCUT2D eigenvalue weighted by atomic mass is 10.0. The third kappa shape index (κ3) is 2.39. The van der Waals surface area contributed by atoms with Crippen LogP contribution in [0.4, 0.5) is 0 Å². The first-order valence-corrected chi connectivity index (χ1v) is 6.98. The van der Waals surface area contributed by atoms with Crippen molar-refractivity contribution in [1.29, 1.82) is 0 Å². The number of nitrogens with one attached hydrogen (secondary N) is 1. The van der Waals surface area contributed by atoms with Gasteiger partial charge in [0, 0.05) is 21.6 Å². The zero-order valence-corrected chi connectivity index (χ0v) is 11.7. The molecule has 3 aromatic rings. The normalized spacial score (nSPS) is 11.1. The molecule has 0 radical (unpaired) electrons. The van der Waals surface area contributed by atoms with E-state index in [-0.39, 0.29) is 0 Å². The van der Waals surface area contributed by atoms with Crippen LogP contribution in [0, 0.1) is 0 Å². The number of rotatable bonds is 3. The molecule has 0 aliphatic carbocycles. The Kier molecular flexibility index (Phi) is 3.31. The Morgan fingerprint density at radius 2 is 1.74 bits per heavy atom. The summed E-state index contributed by atoms with van der Waals surface area (Å²) in [5.74, 6) is 0. The van der Waals surface area contributed by atoms with Gasteiger partial charge in [-0.15, -0.1) is 0 Å². The second-order valence-corrected chi connectivity index (χ2v) is 5.22. The molecule has 0 fully saturated rings. The minimum Gasteiger partial charge on any atom is -0.358 e. The van der Waals surface area contributed by atoms with Crippen LogP contribution < -0.4 is 0 Å². The number of hydrogen-bond acceptors (Lipinski definition) is 0. The number of aryl methyl sites for hydroxylation is 1. The molecule has 0 aliphatic heterocycles. The van der Waals surface area contributed by atoms with E-state index >= 15 is 0 Å². The summed E-state index contributed by atoms with van der Waals surface area (Å²) >= 11 is 5.94. The molecule has 19 heavy (non-hydrogen) atoms. The molecule has 2 aromatic carbocycles. The van der Waals surface area contributed by atoms with Gasteiger partial charge < -0.3 is 4.98 Å². The van der Waals surface area contributed by atoms with E-state index in [1.807, 2.05) is 12.1 Å². The molecule has 1 nitrogen and oxygen atoms in total. The van der Waals surface area contributed by atoms with Gasteiger partial charge in [-0.25, -0.2) is 0 Å². The molecular formula is C17H16ClN. The minimum absolute atomic E-state index is 0.790. The van der Waals surface area contributed by atoms with E-state index in [0.717, 1.165) is 17.9 Å². The van der Waals surface area contributed by atoms with Crippen molar-refractivity contribution in [2.45, 2.75) is 19.8 Å². The fraction of sp³-hybridized carbons (Fsp3) is 0.176. The highest BCUT2D eigenvalue weighted by Gasteiger charge is 2.10. The van der Waals surface area contributed by atoms with E-state index in [9.17, 15) is 0 Å². The molecule has 1 N–H and O–H groups in total. The van der Waals surface area contributed by atoms with E-state index in [0.29, 0.717) is 0 Å². The SMILES string of the molecule is CCc1[nH]c2ccccc2c1Cc1ccc(Cl)cc1. The Morgan fingerprint density at radius 1 is 1.00 bits per heavy atom. The molecule has 1 aromatic heterocycles. The molecule has 3 rings (SSSR count). The van der Waals surface area contributed by atoms with Crippen LogP contribution in [0.2, 0.25) is 5.02 Å². The molecular weight excluding hydrogens is 254 g/mol. The first-order valence-electron chi connectivity index (χ1n) is 6.61. The van der Waals surface area contributed by atoms with Crippen molar-refractivity contribution in [1.82, 2.24) is 4.98 Å². The lowest BCUT2D eigenvalue weighted by Crippen LogP contribution is -1.92. The van der Waals surface area contributed by atoms with Crippen LogP contribution in [0.3, 0.4) is 0 Å². The summed E-state index contributed by atoms with van der Waals surface area (Å²) in [5, 5.41) is 2.12. The lowest BCUT2D eigenvalue weighted by Gasteiger charge is -2.04. The summed E-state index contributed by atoms with van der Waals surface area (Å²) in [6.07, 6.45) is 1.97. The van der Waals surface area contributed by atoms with Crippen LogP contribution in [0.25, 0.3) is 10.9 Å². The molecule has 2 heteroatoms. The fourth-order valence-electron chi connectivity index (χ4n) is 2.57. The van der Waals surface area contributed by atoms with Gasteiger partial charge in [0.2, 0.25) is 0 Å². The van der Waals surface area contributed by atoms with E-state index in [4.69, 9.17) is 11.6 Å². The van der Waals surface area contributed by atoms with Crippen molar-refractivity contribution in [3.63, 3.8) is 0 Å². The molecule has 0 aliphatic rings. The topological polar surface area (TPSA) is 15.8 Å². The van der Waals surface area contributed by atoms with E-state index in [2.05, 4.69) is 48.3 Å². The van der Waals surface area contributed by atoms with Crippen molar-refractivity contribution in [3.05, 3.63) is 70.4 Å². The number of aromatic amines is 1. The minimum atomic E-state index is 0.790.